The molecule has 1 rings (SSSR count). The summed E-state index contributed by atoms with van der Waals surface area (Å²) in [6.07, 6.45) is -0.105. The molecule has 94 valence electrons. The zero-order valence-electron chi connectivity index (χ0n) is 9.68. The molecule has 4 nitrogen and oxygen atoms in total. The zero-order valence-corrected chi connectivity index (χ0v) is 10.5. The number of hydrogen-bond donors (Lipinski definition) is 0. The minimum absolute atomic E-state index is 0.0935. The molecule has 0 aliphatic carbocycles. The first kappa shape index (κ1) is 13.6. The van der Waals surface area contributed by atoms with Gasteiger partial charge in [-0.15, -0.1) is 0 Å². The fraction of sp³-hybridized carbons (Fsp3) is 0.364. The highest BCUT2D eigenvalue weighted by Crippen LogP contribution is 2.13. The van der Waals surface area contributed by atoms with Gasteiger partial charge in [-0.25, -0.2) is 12.8 Å². The first-order valence-electron chi connectivity index (χ1n) is 5.01. The summed E-state index contributed by atoms with van der Waals surface area (Å²) in [7, 11) is -0.493. The van der Waals surface area contributed by atoms with E-state index in [1.165, 1.54) is 23.1 Å². The third-order valence-corrected chi connectivity index (χ3v) is 3.95. The third kappa shape index (κ3) is 3.81. The number of benzene rings is 1. The van der Waals surface area contributed by atoms with Crippen LogP contribution in [0.15, 0.2) is 29.2 Å². The van der Waals surface area contributed by atoms with Crippen LogP contribution in [0.25, 0.3) is 0 Å². The van der Waals surface area contributed by atoms with Crippen LogP contribution < -0.4 is 0 Å². The standard InChI is InChI=1S/C11H14FNO3S/c1-13(2)11(14)6-7-17(15,16)10-5-3-4-9(12)8-10/h3-5,8H,6-7H2,1-2H3. The van der Waals surface area contributed by atoms with Crippen LogP contribution in [-0.2, 0) is 14.6 Å². The average Bonchev–Trinajstić information content (AvgIpc) is 2.26. The van der Waals surface area contributed by atoms with Crippen LogP contribution in [0.2, 0.25) is 0 Å². The molecular weight excluding hydrogens is 245 g/mol. The van der Waals surface area contributed by atoms with Gasteiger partial charge in [0.05, 0.1) is 10.6 Å². The minimum Gasteiger partial charge on any atom is -0.349 e. The van der Waals surface area contributed by atoms with Gasteiger partial charge in [-0.2, -0.15) is 0 Å². The van der Waals surface area contributed by atoms with Crippen LogP contribution in [0.4, 0.5) is 4.39 Å². The Kier molecular flexibility index (Phi) is 4.22. The molecule has 0 saturated heterocycles. The van der Waals surface area contributed by atoms with Crippen molar-refractivity contribution in [1.82, 2.24) is 4.90 Å². The Bertz CT molecular complexity index is 511. The number of halogens is 1. The molecule has 0 bridgehead atoms. The Morgan fingerprint density at radius 1 is 1.35 bits per heavy atom. The second-order valence-corrected chi connectivity index (χ2v) is 5.92. The van der Waals surface area contributed by atoms with E-state index in [0.717, 1.165) is 6.07 Å². The molecule has 0 heterocycles. The normalized spacial score (nSPS) is 11.2. The van der Waals surface area contributed by atoms with Gasteiger partial charge < -0.3 is 4.90 Å². The maximum atomic E-state index is 12.9. The highest BCUT2D eigenvalue weighted by molar-refractivity contribution is 7.91. The van der Waals surface area contributed by atoms with Gasteiger partial charge in [-0.3, -0.25) is 4.79 Å². The van der Waals surface area contributed by atoms with E-state index in [9.17, 15) is 17.6 Å². The number of sulfone groups is 1. The monoisotopic (exact) mass is 259 g/mol. The maximum Gasteiger partial charge on any atom is 0.223 e. The average molecular weight is 259 g/mol. The predicted molar refractivity (Wildman–Crippen MR) is 61.8 cm³/mol. The van der Waals surface area contributed by atoms with E-state index in [1.54, 1.807) is 14.1 Å². The molecule has 6 heteroatoms. The summed E-state index contributed by atoms with van der Waals surface area (Å²) in [6, 6.07) is 4.77. The smallest absolute Gasteiger partial charge is 0.223 e. The third-order valence-electron chi connectivity index (χ3n) is 2.24. The van der Waals surface area contributed by atoms with Crippen molar-refractivity contribution >= 4 is 15.7 Å². The fourth-order valence-corrected chi connectivity index (χ4v) is 2.48. The molecule has 1 amide bonds. The summed E-state index contributed by atoms with van der Waals surface area (Å²) in [5, 5.41) is 0. The van der Waals surface area contributed by atoms with Crippen LogP contribution >= 0.6 is 0 Å². The number of rotatable bonds is 4. The Balaban J connectivity index is 2.80. The molecule has 0 unspecified atom stereocenters. The molecule has 0 saturated carbocycles. The summed E-state index contributed by atoms with van der Waals surface area (Å²) < 4.78 is 36.4. The van der Waals surface area contributed by atoms with Crippen LogP contribution in [0.1, 0.15) is 6.42 Å². The highest BCUT2D eigenvalue weighted by atomic mass is 32.2. The molecule has 17 heavy (non-hydrogen) atoms. The molecular formula is C11H14FNO3S. The van der Waals surface area contributed by atoms with Crippen molar-refractivity contribution in [3.63, 3.8) is 0 Å². The van der Waals surface area contributed by atoms with Gasteiger partial charge in [0.1, 0.15) is 5.82 Å². The second-order valence-electron chi connectivity index (χ2n) is 3.81. The minimum atomic E-state index is -3.60. The number of amides is 1. The van der Waals surface area contributed by atoms with E-state index < -0.39 is 15.7 Å². The second kappa shape index (κ2) is 5.27. The lowest BCUT2D eigenvalue weighted by Gasteiger charge is -2.10. The predicted octanol–water partition coefficient (Wildman–Crippen LogP) is 1.08. The van der Waals surface area contributed by atoms with Crippen LogP contribution in [0, 0.1) is 5.82 Å². The quantitative estimate of drug-likeness (QED) is 0.813. The lowest BCUT2D eigenvalue weighted by atomic mass is 10.3. The summed E-state index contributed by atoms with van der Waals surface area (Å²) in [5.74, 6) is -1.19. The Labute approximate surface area is 100.0 Å². The van der Waals surface area contributed by atoms with E-state index in [0.29, 0.717) is 0 Å². The lowest BCUT2D eigenvalue weighted by molar-refractivity contribution is -0.128. The first-order chi connectivity index (χ1) is 7.83. The fourth-order valence-electron chi connectivity index (χ4n) is 1.22. The summed E-state index contributed by atoms with van der Waals surface area (Å²) in [6.45, 7) is 0. The van der Waals surface area contributed by atoms with Gasteiger partial charge in [0, 0.05) is 20.5 Å². The van der Waals surface area contributed by atoms with Crippen molar-refractivity contribution in [2.75, 3.05) is 19.8 Å². The van der Waals surface area contributed by atoms with E-state index in [2.05, 4.69) is 0 Å². The lowest BCUT2D eigenvalue weighted by Crippen LogP contribution is -2.24. The van der Waals surface area contributed by atoms with Crippen LogP contribution in [-0.4, -0.2) is 39.1 Å². The van der Waals surface area contributed by atoms with Gasteiger partial charge in [0.25, 0.3) is 0 Å². The van der Waals surface area contributed by atoms with Gasteiger partial charge in [0.15, 0.2) is 9.84 Å². The van der Waals surface area contributed by atoms with Crippen LogP contribution in [0.3, 0.4) is 0 Å². The molecule has 1 aromatic carbocycles. The number of carbonyl (C=O) groups is 1. The van der Waals surface area contributed by atoms with Gasteiger partial charge in [-0.05, 0) is 18.2 Å². The number of hydrogen-bond acceptors (Lipinski definition) is 3. The van der Waals surface area contributed by atoms with Crippen molar-refractivity contribution in [3.05, 3.63) is 30.1 Å². The van der Waals surface area contributed by atoms with Crippen LogP contribution in [0.5, 0.6) is 0 Å². The molecule has 0 aliphatic rings. The SMILES string of the molecule is CN(C)C(=O)CCS(=O)(=O)c1cccc(F)c1. The van der Waals surface area contributed by atoms with Crippen molar-refractivity contribution in [1.29, 1.82) is 0 Å². The van der Waals surface area contributed by atoms with Gasteiger partial charge >= 0.3 is 0 Å². The molecule has 0 N–H and O–H groups in total. The van der Waals surface area contributed by atoms with E-state index >= 15 is 0 Å². The van der Waals surface area contributed by atoms with Crippen molar-refractivity contribution < 1.29 is 17.6 Å². The summed E-state index contributed by atoms with van der Waals surface area (Å²) in [4.78, 5) is 12.5. The van der Waals surface area contributed by atoms with E-state index in [1.807, 2.05) is 0 Å². The Morgan fingerprint density at radius 2 is 2.00 bits per heavy atom. The Hall–Kier alpha value is -1.43. The van der Waals surface area contributed by atoms with Crippen molar-refractivity contribution in [2.45, 2.75) is 11.3 Å². The molecule has 0 aliphatic heterocycles. The topological polar surface area (TPSA) is 54.5 Å². The van der Waals surface area contributed by atoms with Gasteiger partial charge in [-0.1, -0.05) is 6.07 Å². The first-order valence-corrected chi connectivity index (χ1v) is 6.66. The van der Waals surface area contributed by atoms with Crippen molar-refractivity contribution in [2.24, 2.45) is 0 Å². The maximum absolute atomic E-state index is 12.9. The van der Waals surface area contributed by atoms with Gasteiger partial charge in [0.2, 0.25) is 5.91 Å². The van der Waals surface area contributed by atoms with Crippen molar-refractivity contribution in [3.8, 4) is 0 Å². The highest BCUT2D eigenvalue weighted by Gasteiger charge is 2.17. The number of nitrogens with zero attached hydrogens (tertiary/aromatic N) is 1. The largest absolute Gasteiger partial charge is 0.349 e. The van der Waals surface area contributed by atoms with E-state index in [4.69, 9.17) is 0 Å². The zero-order chi connectivity index (χ0) is 13.1. The molecule has 0 radical (unpaired) electrons. The molecule has 0 aromatic heterocycles. The number of carbonyl (C=O) groups excluding carboxylic acids is 1. The molecule has 1 aromatic rings. The summed E-state index contributed by atoms with van der Waals surface area (Å²) in [5.41, 5.74) is 0. The van der Waals surface area contributed by atoms with E-state index in [-0.39, 0.29) is 23.0 Å². The molecule has 0 atom stereocenters. The molecule has 0 fully saturated rings. The Morgan fingerprint density at radius 3 is 2.53 bits per heavy atom. The summed E-state index contributed by atoms with van der Waals surface area (Å²) >= 11 is 0. The molecule has 0 spiro atoms.